The van der Waals surface area contributed by atoms with Crippen molar-refractivity contribution in [3.8, 4) is 23.0 Å². The van der Waals surface area contributed by atoms with Crippen molar-refractivity contribution in [2.75, 3.05) is 0 Å². The number of hydrogen-bond acceptors (Lipinski definition) is 4. The van der Waals surface area contributed by atoms with Crippen LogP contribution in [0.1, 0.15) is 150 Å². The van der Waals surface area contributed by atoms with E-state index in [4.69, 9.17) is 8.85 Å². The summed E-state index contributed by atoms with van der Waals surface area (Å²) in [7, 11) is -2.83. The third-order valence-corrected chi connectivity index (χ3v) is 12.1. The van der Waals surface area contributed by atoms with Crippen molar-refractivity contribution in [1.29, 1.82) is 0 Å². The van der Waals surface area contributed by atoms with Crippen LogP contribution in [0.3, 0.4) is 0 Å². The smallest absolute Gasteiger partial charge is 0.454 e. The van der Waals surface area contributed by atoms with Gasteiger partial charge < -0.3 is 19.1 Å². The SMILES string of the molecule is CC(C)(C)c1cc2c(O)c(c1)Cc1cc(C(C)(C)C)cc3c1O[Si](C)(C)Oc1c(cc(C(C)(C)C)cc1C3)Cc1cc(C(C)(C)C)cc(c1O)C2. The van der Waals surface area contributed by atoms with Crippen LogP contribution in [0.15, 0.2) is 48.5 Å². The van der Waals surface area contributed by atoms with Gasteiger partial charge in [0.05, 0.1) is 0 Å². The number of phenolic OH excluding ortho intramolecular Hbond substituents is 2. The number of fused-ring (bicyclic) bond motifs is 2. The van der Waals surface area contributed by atoms with Gasteiger partial charge >= 0.3 is 8.56 Å². The molecule has 5 heteroatoms. The Bertz CT molecular complexity index is 1880. The molecule has 51 heavy (non-hydrogen) atoms. The number of aromatic hydroxyl groups is 2. The molecule has 272 valence electrons. The van der Waals surface area contributed by atoms with Crippen molar-refractivity contribution in [3.05, 3.63) is 115 Å². The van der Waals surface area contributed by atoms with E-state index >= 15 is 0 Å². The molecular weight excluding hydrogens is 645 g/mol. The predicted octanol–water partition coefficient (Wildman–Crippen LogP) is 11.4. The fourth-order valence-corrected chi connectivity index (χ4v) is 8.97. The Hall–Kier alpha value is -3.70. The molecule has 3 aliphatic rings. The van der Waals surface area contributed by atoms with Gasteiger partial charge in [0.2, 0.25) is 0 Å². The van der Waals surface area contributed by atoms with Crippen LogP contribution in [-0.4, -0.2) is 18.8 Å². The molecule has 0 atom stereocenters. The van der Waals surface area contributed by atoms with E-state index in [9.17, 15) is 10.2 Å². The van der Waals surface area contributed by atoms with Crippen LogP contribution in [0, 0.1) is 0 Å². The van der Waals surface area contributed by atoms with Crippen molar-refractivity contribution in [2.45, 2.75) is 144 Å². The Labute approximate surface area is 308 Å². The van der Waals surface area contributed by atoms with Crippen LogP contribution in [-0.2, 0) is 47.3 Å². The molecule has 0 spiro atoms. The Kier molecular flexibility index (Phi) is 8.86. The molecule has 2 heterocycles. The van der Waals surface area contributed by atoms with Gasteiger partial charge in [0.15, 0.2) is 0 Å². The summed E-state index contributed by atoms with van der Waals surface area (Å²) in [5.74, 6) is 2.35. The largest absolute Gasteiger partial charge is 0.512 e. The summed E-state index contributed by atoms with van der Waals surface area (Å²) in [6.07, 6.45) is 2.10. The van der Waals surface area contributed by atoms with E-state index in [1.54, 1.807) is 0 Å². The zero-order chi connectivity index (χ0) is 37.6. The maximum absolute atomic E-state index is 12.2. The maximum Gasteiger partial charge on any atom is 0.454 e. The Balaban J connectivity index is 1.77. The molecule has 4 aromatic rings. The lowest BCUT2D eigenvalue weighted by Crippen LogP contribution is -2.43. The average Bonchev–Trinajstić information content (AvgIpc) is 2.96. The van der Waals surface area contributed by atoms with Gasteiger partial charge in [0.1, 0.15) is 23.0 Å². The van der Waals surface area contributed by atoms with Gasteiger partial charge in [-0.1, -0.05) is 132 Å². The third-order valence-electron chi connectivity index (χ3n) is 10.7. The molecule has 2 N–H and O–H groups in total. The van der Waals surface area contributed by atoms with Crippen LogP contribution in [0.5, 0.6) is 23.0 Å². The Morgan fingerprint density at radius 3 is 0.824 bits per heavy atom. The third kappa shape index (κ3) is 7.47. The molecule has 0 saturated carbocycles. The van der Waals surface area contributed by atoms with Crippen molar-refractivity contribution < 1.29 is 19.1 Å². The maximum atomic E-state index is 12.2. The molecule has 0 unspecified atom stereocenters. The van der Waals surface area contributed by atoms with Crippen molar-refractivity contribution in [3.63, 3.8) is 0 Å². The predicted molar refractivity (Wildman–Crippen MR) is 214 cm³/mol. The summed E-state index contributed by atoms with van der Waals surface area (Å²) in [6, 6.07) is 17.9. The first-order chi connectivity index (χ1) is 23.3. The lowest BCUT2D eigenvalue weighted by molar-refractivity contribution is 0.384. The number of benzene rings is 4. The van der Waals surface area contributed by atoms with Gasteiger partial charge in [0.25, 0.3) is 0 Å². The summed E-state index contributed by atoms with van der Waals surface area (Å²) >= 11 is 0. The monoisotopic (exact) mass is 704 g/mol. The highest BCUT2D eigenvalue weighted by Gasteiger charge is 2.37. The van der Waals surface area contributed by atoms with Crippen LogP contribution < -0.4 is 8.85 Å². The number of phenols is 2. The van der Waals surface area contributed by atoms with Gasteiger partial charge in [-0.25, -0.2) is 0 Å². The van der Waals surface area contributed by atoms with E-state index in [-0.39, 0.29) is 33.2 Å². The van der Waals surface area contributed by atoms with Crippen LogP contribution >= 0.6 is 0 Å². The van der Waals surface area contributed by atoms with Crippen LogP contribution in [0.4, 0.5) is 0 Å². The second-order valence-corrected chi connectivity index (χ2v) is 23.1. The van der Waals surface area contributed by atoms with E-state index in [1.165, 1.54) is 11.1 Å². The minimum atomic E-state index is -2.83. The molecule has 0 fully saturated rings. The van der Waals surface area contributed by atoms with Gasteiger partial charge in [-0.05, 0) is 88.4 Å². The zero-order valence-corrected chi connectivity index (χ0v) is 34.7. The Morgan fingerprint density at radius 2 is 0.588 bits per heavy atom. The van der Waals surface area contributed by atoms with E-state index in [1.807, 2.05) is 0 Å². The fourth-order valence-electron chi connectivity index (χ4n) is 7.42. The second-order valence-electron chi connectivity index (χ2n) is 19.8. The molecule has 0 saturated heterocycles. The van der Waals surface area contributed by atoms with Gasteiger partial charge in [-0.3, -0.25) is 0 Å². The molecular formula is C46H60O4Si. The first-order valence-electron chi connectivity index (χ1n) is 18.7. The van der Waals surface area contributed by atoms with Crippen molar-refractivity contribution in [1.82, 2.24) is 0 Å². The lowest BCUT2D eigenvalue weighted by Gasteiger charge is -2.35. The summed E-state index contributed by atoms with van der Waals surface area (Å²) in [5.41, 5.74) is 12.1. The molecule has 4 aromatic carbocycles. The molecule has 2 aliphatic heterocycles. The molecule has 7 rings (SSSR count). The summed E-state index contributed by atoms with van der Waals surface area (Å²) in [5, 5.41) is 24.3. The molecule has 4 nitrogen and oxygen atoms in total. The molecule has 0 radical (unpaired) electrons. The zero-order valence-electron chi connectivity index (χ0n) is 33.7. The molecule has 10 bridgehead atoms. The second kappa shape index (κ2) is 12.2. The molecule has 1 aliphatic carbocycles. The minimum absolute atomic E-state index is 0.0941. The summed E-state index contributed by atoms with van der Waals surface area (Å²) in [6.45, 7) is 31.2. The first kappa shape index (κ1) is 37.1. The minimum Gasteiger partial charge on any atom is -0.512 e. The number of rotatable bonds is 0. The van der Waals surface area contributed by atoms with E-state index in [2.05, 4.69) is 145 Å². The number of hydrogen-bond donors (Lipinski definition) is 2. The summed E-state index contributed by atoms with van der Waals surface area (Å²) in [4.78, 5) is 0. The standard InChI is InChI=1S/C46H60O4Si/c1-43(2,3)35-19-27-15-28-20-36(44(4,5)6)22-30(40(28)48)17-32-24-38(46(10,11)12)26-34-18-33-25-37(45(7,8)9)23-31(16-29(21-35)39(27)47)41(33)49-51(13,14)50-42(32)34/h19-26,47-48H,15-18H2,1-14H3. The summed E-state index contributed by atoms with van der Waals surface area (Å²) < 4.78 is 14.2. The highest BCUT2D eigenvalue weighted by molar-refractivity contribution is 6.66. The fraction of sp³-hybridized carbons (Fsp3) is 0.478. The molecule has 0 amide bonds. The van der Waals surface area contributed by atoms with E-state index in [0.717, 1.165) is 67.1 Å². The highest BCUT2D eigenvalue weighted by atomic mass is 28.4. The average molecular weight is 705 g/mol. The van der Waals surface area contributed by atoms with Crippen molar-refractivity contribution in [2.24, 2.45) is 0 Å². The van der Waals surface area contributed by atoms with Crippen LogP contribution in [0.2, 0.25) is 13.1 Å². The van der Waals surface area contributed by atoms with E-state index < -0.39 is 8.56 Å². The molecule has 0 aromatic heterocycles. The quantitative estimate of drug-likeness (QED) is 0.158. The lowest BCUT2D eigenvalue weighted by atomic mass is 9.79. The van der Waals surface area contributed by atoms with Crippen LogP contribution in [0.25, 0.3) is 0 Å². The Morgan fingerprint density at radius 1 is 0.392 bits per heavy atom. The highest BCUT2D eigenvalue weighted by Crippen LogP contribution is 2.45. The van der Waals surface area contributed by atoms with Gasteiger partial charge in [-0.15, -0.1) is 0 Å². The van der Waals surface area contributed by atoms with Gasteiger partial charge in [-0.2, -0.15) is 0 Å². The van der Waals surface area contributed by atoms with Gasteiger partial charge in [0, 0.05) is 38.8 Å². The normalized spacial score (nSPS) is 16.0. The van der Waals surface area contributed by atoms with E-state index in [0.29, 0.717) is 25.7 Å². The first-order valence-corrected chi connectivity index (χ1v) is 21.5. The topological polar surface area (TPSA) is 58.9 Å². The van der Waals surface area contributed by atoms with Crippen molar-refractivity contribution >= 4 is 8.56 Å².